The molecule has 0 saturated carbocycles. The molecule has 0 spiro atoms. The minimum atomic E-state index is -1.50. The molecule has 0 N–H and O–H groups in total. The summed E-state index contributed by atoms with van der Waals surface area (Å²) in [4.78, 5) is 0. The SMILES string of the molecule is CC(C)(C)[Si](C)(C)n1ccc2cc(I)ccc21. The number of hydrogen-bond acceptors (Lipinski definition) is 0. The molecule has 0 fully saturated rings. The van der Waals surface area contributed by atoms with Crippen LogP contribution in [0.5, 0.6) is 0 Å². The van der Waals surface area contributed by atoms with Gasteiger partial charge in [0.1, 0.15) is 0 Å². The van der Waals surface area contributed by atoms with Gasteiger partial charge in [0.05, 0.1) is 0 Å². The quantitative estimate of drug-likeness (QED) is 0.494. The summed E-state index contributed by atoms with van der Waals surface area (Å²) in [5, 5.41) is 1.73. The first kappa shape index (κ1) is 13.1. The summed E-state index contributed by atoms with van der Waals surface area (Å²) in [5.74, 6) is 0. The zero-order valence-corrected chi connectivity index (χ0v) is 14.4. The van der Waals surface area contributed by atoms with Crippen molar-refractivity contribution >= 4 is 41.7 Å². The third-order valence-electron chi connectivity index (χ3n) is 4.09. The van der Waals surface area contributed by atoms with Crippen molar-refractivity contribution in [3.05, 3.63) is 34.0 Å². The van der Waals surface area contributed by atoms with E-state index in [4.69, 9.17) is 0 Å². The molecular formula is C14H20INSi. The van der Waals surface area contributed by atoms with Crippen LogP contribution in [0.15, 0.2) is 30.5 Å². The Labute approximate surface area is 118 Å². The van der Waals surface area contributed by atoms with Crippen LogP contribution in [0.3, 0.4) is 0 Å². The van der Waals surface area contributed by atoms with Gasteiger partial charge in [-0.2, -0.15) is 0 Å². The van der Waals surface area contributed by atoms with Crippen LogP contribution in [0.25, 0.3) is 10.9 Å². The van der Waals surface area contributed by atoms with E-state index < -0.39 is 8.24 Å². The number of rotatable bonds is 1. The summed E-state index contributed by atoms with van der Waals surface area (Å²) < 4.78 is 3.85. The van der Waals surface area contributed by atoms with Gasteiger partial charge >= 0.3 is 0 Å². The second-order valence-electron chi connectivity index (χ2n) is 6.20. The van der Waals surface area contributed by atoms with E-state index in [1.807, 2.05) is 0 Å². The fourth-order valence-corrected chi connectivity index (χ4v) is 4.45. The molecule has 17 heavy (non-hydrogen) atoms. The van der Waals surface area contributed by atoms with Crippen LogP contribution < -0.4 is 0 Å². The maximum Gasteiger partial charge on any atom is 0.161 e. The molecule has 0 atom stereocenters. The maximum atomic E-state index is 2.54. The van der Waals surface area contributed by atoms with Crippen molar-refractivity contribution in [2.24, 2.45) is 0 Å². The second-order valence-corrected chi connectivity index (χ2v) is 12.5. The summed E-state index contributed by atoms with van der Waals surface area (Å²) in [6.07, 6.45) is 2.28. The van der Waals surface area contributed by atoms with E-state index in [0.29, 0.717) is 5.04 Å². The van der Waals surface area contributed by atoms with Crippen LogP contribution in [-0.2, 0) is 0 Å². The topological polar surface area (TPSA) is 4.93 Å². The molecule has 0 aliphatic rings. The second kappa shape index (κ2) is 4.12. The largest absolute Gasteiger partial charge is 0.374 e. The molecule has 2 aromatic rings. The molecule has 1 aromatic carbocycles. The number of halogens is 1. The van der Waals surface area contributed by atoms with Gasteiger partial charge in [-0.25, -0.2) is 0 Å². The summed E-state index contributed by atoms with van der Waals surface area (Å²) in [6.45, 7) is 12.0. The Kier molecular flexibility index (Phi) is 3.19. The first-order chi connectivity index (χ1) is 7.73. The van der Waals surface area contributed by atoms with Crippen LogP contribution in [0, 0.1) is 3.57 Å². The molecule has 3 heteroatoms. The number of hydrogen-bond donors (Lipinski definition) is 0. The smallest absolute Gasteiger partial charge is 0.161 e. The summed E-state index contributed by atoms with van der Waals surface area (Å²) in [7, 11) is -1.50. The van der Waals surface area contributed by atoms with E-state index in [1.165, 1.54) is 14.5 Å². The van der Waals surface area contributed by atoms with Crippen LogP contribution >= 0.6 is 22.6 Å². The minimum absolute atomic E-state index is 0.363. The Balaban J connectivity index is 2.65. The van der Waals surface area contributed by atoms with Crippen LogP contribution in [0.4, 0.5) is 0 Å². The van der Waals surface area contributed by atoms with Gasteiger partial charge in [0.2, 0.25) is 0 Å². The zero-order chi connectivity index (χ0) is 12.8. The van der Waals surface area contributed by atoms with Crippen molar-refractivity contribution < 1.29 is 0 Å². The Morgan fingerprint density at radius 3 is 2.35 bits per heavy atom. The maximum absolute atomic E-state index is 2.54. The fraction of sp³-hybridized carbons (Fsp3) is 0.429. The molecule has 0 aliphatic heterocycles. The van der Waals surface area contributed by atoms with Gasteiger partial charge in [0, 0.05) is 9.09 Å². The molecule has 1 aromatic heterocycles. The predicted octanol–water partition coefficient (Wildman–Crippen LogP) is 5.10. The molecule has 0 saturated heterocycles. The normalized spacial score (nSPS) is 13.3. The van der Waals surface area contributed by atoms with Crippen LogP contribution in [-0.4, -0.2) is 12.5 Å². The van der Waals surface area contributed by atoms with Gasteiger partial charge in [-0.3, -0.25) is 0 Å². The van der Waals surface area contributed by atoms with E-state index in [2.05, 4.69) is 91.2 Å². The number of nitrogens with zero attached hydrogens (tertiary/aromatic N) is 1. The summed E-state index contributed by atoms with van der Waals surface area (Å²) in [5.41, 5.74) is 1.39. The fourth-order valence-electron chi connectivity index (χ4n) is 1.96. The average Bonchev–Trinajstić information content (AvgIpc) is 2.58. The van der Waals surface area contributed by atoms with Gasteiger partial charge < -0.3 is 4.23 Å². The lowest BCUT2D eigenvalue weighted by atomic mass is 10.2. The Morgan fingerprint density at radius 2 is 1.76 bits per heavy atom. The molecule has 1 nitrogen and oxygen atoms in total. The molecule has 0 amide bonds. The molecule has 0 radical (unpaired) electrons. The minimum Gasteiger partial charge on any atom is -0.374 e. The van der Waals surface area contributed by atoms with E-state index in [9.17, 15) is 0 Å². The average molecular weight is 357 g/mol. The summed E-state index contributed by atoms with van der Waals surface area (Å²) >= 11 is 2.38. The van der Waals surface area contributed by atoms with E-state index in [1.54, 1.807) is 0 Å². The van der Waals surface area contributed by atoms with Crippen molar-refractivity contribution in [3.63, 3.8) is 0 Å². The highest BCUT2D eigenvalue weighted by molar-refractivity contribution is 14.1. The Hall–Kier alpha value is -0.293. The predicted molar refractivity (Wildman–Crippen MR) is 87.3 cm³/mol. The van der Waals surface area contributed by atoms with Gasteiger partial charge in [0.25, 0.3) is 0 Å². The molecule has 0 bridgehead atoms. The van der Waals surface area contributed by atoms with Gasteiger partial charge in [0.15, 0.2) is 8.24 Å². The Morgan fingerprint density at radius 1 is 1.12 bits per heavy atom. The van der Waals surface area contributed by atoms with Gasteiger partial charge in [-0.15, -0.1) is 0 Å². The number of fused-ring (bicyclic) bond motifs is 1. The highest BCUT2D eigenvalue weighted by atomic mass is 127. The highest BCUT2D eigenvalue weighted by Gasteiger charge is 2.37. The van der Waals surface area contributed by atoms with Crippen molar-refractivity contribution in [1.29, 1.82) is 0 Å². The lowest BCUT2D eigenvalue weighted by Crippen LogP contribution is -2.44. The third-order valence-corrected chi connectivity index (χ3v) is 10.0. The monoisotopic (exact) mass is 357 g/mol. The van der Waals surface area contributed by atoms with Crippen molar-refractivity contribution in [2.45, 2.75) is 38.9 Å². The molecule has 1 heterocycles. The standard InChI is InChI=1S/C14H20INSi/c1-14(2,3)17(4,5)16-9-8-11-10-12(15)6-7-13(11)16/h6-10H,1-5H3. The first-order valence-corrected chi connectivity index (χ1v) is 10.0. The molecule has 0 unspecified atom stereocenters. The van der Waals surface area contributed by atoms with E-state index in [0.717, 1.165) is 0 Å². The molecule has 2 rings (SSSR count). The van der Waals surface area contributed by atoms with Gasteiger partial charge in [-0.05, 0) is 63.5 Å². The van der Waals surface area contributed by atoms with E-state index >= 15 is 0 Å². The summed E-state index contributed by atoms with van der Waals surface area (Å²) in [6, 6.07) is 8.97. The number of benzene rings is 1. The lowest BCUT2D eigenvalue weighted by Gasteiger charge is -2.38. The zero-order valence-electron chi connectivity index (χ0n) is 11.2. The molecular weight excluding hydrogens is 337 g/mol. The van der Waals surface area contributed by atoms with Gasteiger partial charge in [-0.1, -0.05) is 33.9 Å². The number of aromatic nitrogens is 1. The third kappa shape index (κ3) is 2.19. The highest BCUT2D eigenvalue weighted by Crippen LogP contribution is 2.38. The first-order valence-electron chi connectivity index (χ1n) is 6.00. The molecule has 92 valence electrons. The van der Waals surface area contributed by atoms with Crippen molar-refractivity contribution in [2.75, 3.05) is 0 Å². The van der Waals surface area contributed by atoms with Crippen LogP contribution in [0.2, 0.25) is 18.1 Å². The molecule has 0 aliphatic carbocycles. The Bertz CT molecular complexity index is 549. The van der Waals surface area contributed by atoms with E-state index in [-0.39, 0.29) is 0 Å². The van der Waals surface area contributed by atoms with Crippen molar-refractivity contribution in [1.82, 2.24) is 4.23 Å². The van der Waals surface area contributed by atoms with Crippen molar-refractivity contribution in [3.8, 4) is 0 Å². The van der Waals surface area contributed by atoms with Crippen LogP contribution in [0.1, 0.15) is 20.8 Å². The lowest BCUT2D eigenvalue weighted by molar-refractivity contribution is 0.703.